The van der Waals surface area contributed by atoms with Gasteiger partial charge in [0.2, 0.25) is 0 Å². The Hall–Kier alpha value is -1.66. The van der Waals surface area contributed by atoms with Crippen molar-refractivity contribution in [2.75, 3.05) is 5.32 Å². The van der Waals surface area contributed by atoms with Crippen molar-refractivity contribution in [2.24, 2.45) is 5.73 Å². The SMILES string of the molecule is CC(Cc1cccc(Br)c1)Nc1nnc(Cl)cc1C(N)=O. The van der Waals surface area contributed by atoms with Gasteiger partial charge in [0.15, 0.2) is 11.0 Å². The largest absolute Gasteiger partial charge is 0.365 e. The van der Waals surface area contributed by atoms with Crippen molar-refractivity contribution in [1.82, 2.24) is 10.2 Å². The van der Waals surface area contributed by atoms with Crippen LogP contribution in [-0.4, -0.2) is 22.1 Å². The molecule has 110 valence electrons. The van der Waals surface area contributed by atoms with Crippen LogP contribution in [0.5, 0.6) is 0 Å². The average Bonchev–Trinajstić information content (AvgIpc) is 2.40. The Morgan fingerprint density at radius 1 is 1.43 bits per heavy atom. The van der Waals surface area contributed by atoms with Crippen LogP contribution in [0.25, 0.3) is 0 Å². The maximum Gasteiger partial charge on any atom is 0.252 e. The molecule has 0 saturated carbocycles. The summed E-state index contributed by atoms with van der Waals surface area (Å²) < 4.78 is 1.02. The molecule has 0 aliphatic carbocycles. The molecule has 5 nitrogen and oxygen atoms in total. The first-order valence-corrected chi connectivity index (χ1v) is 7.47. The van der Waals surface area contributed by atoms with E-state index >= 15 is 0 Å². The van der Waals surface area contributed by atoms with E-state index in [0.29, 0.717) is 5.82 Å². The highest BCUT2D eigenvalue weighted by atomic mass is 79.9. The zero-order valence-electron chi connectivity index (χ0n) is 11.3. The molecule has 0 bridgehead atoms. The molecule has 1 aromatic heterocycles. The lowest BCUT2D eigenvalue weighted by molar-refractivity contribution is 0.100. The predicted octanol–water partition coefficient (Wildman–Crippen LogP) is 3.03. The number of benzene rings is 1. The van der Waals surface area contributed by atoms with Crippen molar-refractivity contribution in [3.63, 3.8) is 0 Å². The highest BCUT2D eigenvalue weighted by molar-refractivity contribution is 9.10. The van der Waals surface area contributed by atoms with Crippen LogP contribution in [0.15, 0.2) is 34.8 Å². The van der Waals surface area contributed by atoms with E-state index in [4.69, 9.17) is 17.3 Å². The molecular formula is C14H14BrClN4O. The van der Waals surface area contributed by atoms with Gasteiger partial charge in [-0.25, -0.2) is 0 Å². The van der Waals surface area contributed by atoms with Gasteiger partial charge in [-0.2, -0.15) is 0 Å². The topological polar surface area (TPSA) is 80.9 Å². The van der Waals surface area contributed by atoms with E-state index < -0.39 is 5.91 Å². The number of amides is 1. The van der Waals surface area contributed by atoms with Gasteiger partial charge < -0.3 is 11.1 Å². The molecule has 0 fully saturated rings. The number of anilines is 1. The van der Waals surface area contributed by atoms with Crippen LogP contribution < -0.4 is 11.1 Å². The molecule has 1 aromatic carbocycles. The van der Waals surface area contributed by atoms with E-state index in [0.717, 1.165) is 16.5 Å². The van der Waals surface area contributed by atoms with Gasteiger partial charge in [0.25, 0.3) is 5.91 Å². The van der Waals surface area contributed by atoms with Crippen LogP contribution in [0.1, 0.15) is 22.8 Å². The molecule has 1 heterocycles. The van der Waals surface area contributed by atoms with Crippen LogP contribution in [0.3, 0.4) is 0 Å². The van der Waals surface area contributed by atoms with E-state index in [1.165, 1.54) is 6.07 Å². The van der Waals surface area contributed by atoms with E-state index in [-0.39, 0.29) is 16.8 Å². The second kappa shape index (κ2) is 6.87. The third-order valence-electron chi connectivity index (χ3n) is 2.84. The van der Waals surface area contributed by atoms with Crippen molar-refractivity contribution in [1.29, 1.82) is 0 Å². The van der Waals surface area contributed by atoms with Crippen LogP contribution >= 0.6 is 27.5 Å². The Balaban J connectivity index is 2.12. The summed E-state index contributed by atoms with van der Waals surface area (Å²) in [5.41, 5.74) is 6.71. The number of halogens is 2. The molecule has 1 amide bonds. The number of nitrogens with one attached hydrogen (secondary N) is 1. The lowest BCUT2D eigenvalue weighted by atomic mass is 10.1. The summed E-state index contributed by atoms with van der Waals surface area (Å²) in [5, 5.41) is 10.9. The minimum Gasteiger partial charge on any atom is -0.365 e. The van der Waals surface area contributed by atoms with Gasteiger partial charge in [-0.15, -0.1) is 10.2 Å². The third kappa shape index (κ3) is 4.41. The Morgan fingerprint density at radius 3 is 2.86 bits per heavy atom. The highest BCUT2D eigenvalue weighted by Gasteiger charge is 2.14. The predicted molar refractivity (Wildman–Crippen MR) is 86.5 cm³/mol. The van der Waals surface area contributed by atoms with Crippen molar-refractivity contribution in [2.45, 2.75) is 19.4 Å². The molecule has 1 atom stereocenters. The number of hydrogen-bond acceptors (Lipinski definition) is 4. The summed E-state index contributed by atoms with van der Waals surface area (Å²) in [6.45, 7) is 1.99. The third-order valence-corrected chi connectivity index (χ3v) is 3.52. The summed E-state index contributed by atoms with van der Waals surface area (Å²) in [5.74, 6) is -0.252. The fourth-order valence-corrected chi connectivity index (χ4v) is 2.56. The van der Waals surface area contributed by atoms with Crippen molar-refractivity contribution < 1.29 is 4.79 Å². The number of hydrogen-bond donors (Lipinski definition) is 2. The minimum absolute atomic E-state index is 0.0490. The van der Waals surface area contributed by atoms with Gasteiger partial charge >= 0.3 is 0 Å². The van der Waals surface area contributed by atoms with E-state index in [1.54, 1.807) is 0 Å². The molecule has 2 aromatic rings. The van der Waals surface area contributed by atoms with Crippen LogP contribution in [0, 0.1) is 0 Å². The number of rotatable bonds is 5. The first-order valence-electron chi connectivity index (χ1n) is 6.29. The van der Waals surface area contributed by atoms with Crippen LogP contribution in [0.2, 0.25) is 5.15 Å². The second-order valence-corrected chi connectivity index (χ2v) is 5.98. The Labute approximate surface area is 136 Å². The molecular weight excluding hydrogens is 356 g/mol. The Bertz CT molecular complexity index is 665. The first kappa shape index (κ1) is 15.7. The molecule has 0 aliphatic heterocycles. The average molecular weight is 370 g/mol. The number of carbonyl (C=O) groups excluding carboxylic acids is 1. The fraction of sp³-hybridized carbons (Fsp3) is 0.214. The molecule has 0 saturated heterocycles. The number of primary amides is 1. The molecule has 0 spiro atoms. The van der Waals surface area contributed by atoms with Crippen LogP contribution in [-0.2, 0) is 6.42 Å². The molecule has 21 heavy (non-hydrogen) atoms. The number of nitrogens with zero attached hydrogens (tertiary/aromatic N) is 2. The molecule has 0 aliphatic rings. The van der Waals surface area contributed by atoms with E-state index in [9.17, 15) is 4.79 Å². The standard InChI is InChI=1S/C14H14BrClN4O/c1-8(5-9-3-2-4-10(15)6-9)18-14-11(13(17)21)7-12(16)19-20-14/h2-4,6-8H,5H2,1H3,(H2,17,21)(H,18,20). The summed E-state index contributed by atoms with van der Waals surface area (Å²) in [4.78, 5) is 11.4. The van der Waals surface area contributed by atoms with Crippen molar-refractivity contribution >= 4 is 39.3 Å². The van der Waals surface area contributed by atoms with Gasteiger partial charge in [-0.1, -0.05) is 39.7 Å². The van der Waals surface area contributed by atoms with Gasteiger partial charge in [0, 0.05) is 10.5 Å². The van der Waals surface area contributed by atoms with Crippen molar-refractivity contribution in [3.8, 4) is 0 Å². The summed E-state index contributed by atoms with van der Waals surface area (Å²) in [6, 6.07) is 9.48. The monoisotopic (exact) mass is 368 g/mol. The molecule has 0 radical (unpaired) electrons. The Morgan fingerprint density at radius 2 is 2.19 bits per heavy atom. The summed E-state index contributed by atoms with van der Waals surface area (Å²) in [6.07, 6.45) is 0.766. The minimum atomic E-state index is -0.594. The maximum atomic E-state index is 11.4. The quantitative estimate of drug-likeness (QED) is 0.849. The molecule has 1 unspecified atom stereocenters. The fourth-order valence-electron chi connectivity index (χ4n) is 1.96. The second-order valence-electron chi connectivity index (χ2n) is 4.67. The molecule has 2 rings (SSSR count). The smallest absolute Gasteiger partial charge is 0.252 e. The Kier molecular flexibility index (Phi) is 5.14. The lowest BCUT2D eigenvalue weighted by Gasteiger charge is -2.16. The number of aromatic nitrogens is 2. The van der Waals surface area contributed by atoms with E-state index in [1.807, 2.05) is 31.2 Å². The van der Waals surface area contributed by atoms with E-state index in [2.05, 4.69) is 31.4 Å². The highest BCUT2D eigenvalue weighted by Crippen LogP contribution is 2.18. The number of nitrogens with two attached hydrogens (primary N) is 1. The van der Waals surface area contributed by atoms with Crippen molar-refractivity contribution in [3.05, 3.63) is 51.1 Å². The zero-order chi connectivity index (χ0) is 15.4. The zero-order valence-corrected chi connectivity index (χ0v) is 13.6. The first-order chi connectivity index (χ1) is 9.95. The van der Waals surface area contributed by atoms with Crippen LogP contribution in [0.4, 0.5) is 5.82 Å². The maximum absolute atomic E-state index is 11.4. The van der Waals surface area contributed by atoms with Gasteiger partial charge in [-0.05, 0) is 37.1 Å². The summed E-state index contributed by atoms with van der Waals surface area (Å²) in [7, 11) is 0. The molecule has 3 N–H and O–H groups in total. The lowest BCUT2D eigenvalue weighted by Crippen LogP contribution is -2.23. The van der Waals surface area contributed by atoms with Gasteiger partial charge in [0.1, 0.15) is 0 Å². The summed E-state index contributed by atoms with van der Waals surface area (Å²) >= 11 is 9.17. The van der Waals surface area contributed by atoms with Gasteiger partial charge in [0.05, 0.1) is 5.56 Å². The molecule has 7 heteroatoms. The number of carbonyl (C=O) groups is 1. The normalized spacial score (nSPS) is 12.0. The van der Waals surface area contributed by atoms with Gasteiger partial charge in [-0.3, -0.25) is 4.79 Å².